The number of nitrogens with one attached hydrogen (secondary N) is 1. The van der Waals surface area contributed by atoms with Gasteiger partial charge in [-0.25, -0.2) is 4.90 Å². The highest BCUT2D eigenvalue weighted by Crippen LogP contribution is 2.61. The summed E-state index contributed by atoms with van der Waals surface area (Å²) in [6.07, 6.45) is 1.50. The van der Waals surface area contributed by atoms with E-state index in [1.807, 2.05) is 11.8 Å². The number of halogens is 1. The first-order valence-electron chi connectivity index (χ1n) is 11.2. The molecule has 4 heterocycles. The third-order valence-electron chi connectivity index (χ3n) is 8.01. The van der Waals surface area contributed by atoms with E-state index in [4.69, 9.17) is 11.6 Å². The Bertz CT molecular complexity index is 1340. The molecule has 3 fully saturated rings. The lowest BCUT2D eigenvalue weighted by Crippen LogP contribution is -2.54. The highest BCUT2D eigenvalue weighted by atomic mass is 35.5. The van der Waals surface area contributed by atoms with E-state index in [0.717, 1.165) is 11.3 Å². The van der Waals surface area contributed by atoms with Gasteiger partial charge in [-0.1, -0.05) is 23.7 Å². The molecule has 10 heteroatoms. The van der Waals surface area contributed by atoms with Gasteiger partial charge in [-0.15, -0.1) is 0 Å². The van der Waals surface area contributed by atoms with E-state index in [9.17, 15) is 24.5 Å². The summed E-state index contributed by atoms with van der Waals surface area (Å²) >= 11 is 6.32. The topological polar surface area (TPSA) is 113 Å². The molecule has 34 heavy (non-hydrogen) atoms. The number of hydrogen-bond acceptors (Lipinski definition) is 6. The van der Waals surface area contributed by atoms with Gasteiger partial charge in [0.2, 0.25) is 17.7 Å². The van der Waals surface area contributed by atoms with Crippen molar-refractivity contribution < 1.29 is 19.3 Å². The van der Waals surface area contributed by atoms with Crippen molar-refractivity contribution in [2.45, 2.75) is 38.3 Å². The Morgan fingerprint density at radius 1 is 1.15 bits per heavy atom. The van der Waals surface area contributed by atoms with E-state index in [2.05, 4.69) is 5.32 Å². The number of carbonyl (C=O) groups excluding carboxylic acids is 3. The van der Waals surface area contributed by atoms with Crippen LogP contribution in [0.25, 0.3) is 0 Å². The lowest BCUT2D eigenvalue weighted by atomic mass is 9.75. The maximum Gasteiger partial charge on any atom is 0.271 e. The van der Waals surface area contributed by atoms with Crippen LogP contribution in [0.4, 0.5) is 17.1 Å². The highest BCUT2D eigenvalue weighted by Gasteiger charge is 2.74. The van der Waals surface area contributed by atoms with E-state index in [-0.39, 0.29) is 23.3 Å². The average Bonchev–Trinajstić information content (AvgIpc) is 3.50. The van der Waals surface area contributed by atoms with Gasteiger partial charge in [0.1, 0.15) is 5.54 Å². The van der Waals surface area contributed by atoms with Gasteiger partial charge >= 0.3 is 0 Å². The minimum absolute atomic E-state index is 0.198. The minimum atomic E-state index is -1.31. The molecule has 3 saturated heterocycles. The number of anilines is 2. The molecule has 174 valence electrons. The van der Waals surface area contributed by atoms with Gasteiger partial charge in [-0.05, 0) is 50.4 Å². The summed E-state index contributed by atoms with van der Waals surface area (Å²) in [6.45, 7) is 4.12. The molecule has 0 saturated carbocycles. The monoisotopic (exact) mass is 480 g/mol. The molecule has 1 spiro atoms. The Labute approximate surface area is 199 Å². The molecule has 9 nitrogen and oxygen atoms in total. The fraction of sp³-hybridized carbons (Fsp3) is 0.375. The van der Waals surface area contributed by atoms with Crippen molar-refractivity contribution >= 4 is 46.4 Å². The first kappa shape index (κ1) is 21.2. The standard InChI is InChI=1S/C24H21ClN4O5/c1-11-5-6-13(29(33)34)10-17(11)28-21(30)18-16-4-3-9-27(16)24(19(18)22(28)31)14-7-8-15(25)12(2)20(14)26-23(24)32/h5-8,10,16,18-19H,3-4,9H2,1-2H3,(H,26,32)/t16-,18+,19-,24-/m0/s1. The number of aryl methyl sites for hydroxylation is 1. The van der Waals surface area contributed by atoms with E-state index >= 15 is 0 Å². The summed E-state index contributed by atoms with van der Waals surface area (Å²) in [5, 5.41) is 14.8. The zero-order valence-corrected chi connectivity index (χ0v) is 19.3. The van der Waals surface area contributed by atoms with Crippen LogP contribution in [0.15, 0.2) is 30.3 Å². The normalized spacial score (nSPS) is 29.6. The van der Waals surface area contributed by atoms with Crippen molar-refractivity contribution in [1.82, 2.24) is 4.90 Å². The molecule has 4 aliphatic heterocycles. The molecule has 4 aliphatic rings. The number of benzene rings is 2. The van der Waals surface area contributed by atoms with Crippen LogP contribution in [0.3, 0.4) is 0 Å². The summed E-state index contributed by atoms with van der Waals surface area (Å²) in [5.74, 6) is -2.86. The predicted molar refractivity (Wildman–Crippen MR) is 124 cm³/mol. The summed E-state index contributed by atoms with van der Waals surface area (Å²) in [5.41, 5.74) is 1.22. The third-order valence-corrected chi connectivity index (χ3v) is 8.42. The maximum absolute atomic E-state index is 14.0. The lowest BCUT2D eigenvalue weighted by molar-refractivity contribution is -0.384. The van der Waals surface area contributed by atoms with Crippen LogP contribution in [-0.2, 0) is 19.9 Å². The zero-order chi connectivity index (χ0) is 24.1. The van der Waals surface area contributed by atoms with Gasteiger partial charge in [0.25, 0.3) is 5.69 Å². The van der Waals surface area contributed by atoms with Gasteiger partial charge < -0.3 is 5.32 Å². The molecular weight excluding hydrogens is 460 g/mol. The van der Waals surface area contributed by atoms with Crippen LogP contribution in [0.5, 0.6) is 0 Å². The Hall–Kier alpha value is -3.30. The van der Waals surface area contributed by atoms with Crippen LogP contribution in [0.2, 0.25) is 5.02 Å². The van der Waals surface area contributed by atoms with Gasteiger partial charge in [-0.2, -0.15) is 0 Å². The fourth-order valence-electron chi connectivity index (χ4n) is 6.58. The smallest absolute Gasteiger partial charge is 0.271 e. The molecule has 6 rings (SSSR count). The van der Waals surface area contributed by atoms with Crippen molar-refractivity contribution in [3.8, 4) is 0 Å². The number of nitro benzene ring substituents is 1. The van der Waals surface area contributed by atoms with Crippen molar-refractivity contribution in [3.63, 3.8) is 0 Å². The van der Waals surface area contributed by atoms with Crippen LogP contribution >= 0.6 is 11.6 Å². The zero-order valence-electron chi connectivity index (χ0n) is 18.5. The van der Waals surface area contributed by atoms with Crippen molar-refractivity contribution in [2.24, 2.45) is 11.8 Å². The lowest BCUT2D eigenvalue weighted by Gasteiger charge is -2.36. The van der Waals surface area contributed by atoms with Gasteiger partial charge in [0.05, 0.1) is 28.1 Å². The van der Waals surface area contributed by atoms with Crippen molar-refractivity contribution in [3.05, 3.63) is 62.2 Å². The Morgan fingerprint density at radius 2 is 1.91 bits per heavy atom. The van der Waals surface area contributed by atoms with E-state index in [1.54, 1.807) is 19.1 Å². The van der Waals surface area contributed by atoms with Gasteiger partial charge in [-0.3, -0.25) is 29.4 Å². The Balaban J connectivity index is 1.56. The molecule has 0 unspecified atom stereocenters. The van der Waals surface area contributed by atoms with E-state index < -0.39 is 34.1 Å². The van der Waals surface area contributed by atoms with E-state index in [1.165, 1.54) is 18.2 Å². The van der Waals surface area contributed by atoms with Crippen LogP contribution in [-0.4, -0.2) is 40.1 Å². The second-order valence-corrected chi connectivity index (χ2v) is 9.87. The number of nitro groups is 1. The molecule has 2 aromatic rings. The van der Waals surface area contributed by atoms with E-state index in [0.29, 0.717) is 40.4 Å². The average molecular weight is 481 g/mol. The third kappa shape index (κ3) is 2.35. The van der Waals surface area contributed by atoms with Crippen molar-refractivity contribution in [1.29, 1.82) is 0 Å². The number of amides is 3. The van der Waals surface area contributed by atoms with Gasteiger partial charge in [0.15, 0.2) is 0 Å². The second-order valence-electron chi connectivity index (χ2n) is 9.46. The largest absolute Gasteiger partial charge is 0.324 e. The number of nitrogens with zero attached hydrogens (tertiary/aromatic N) is 3. The SMILES string of the molecule is Cc1ccc([N+](=O)[O-])cc1N1C(=O)[C@H]2[C@@H](C1=O)[C@@]1(C(=O)Nc3c1ccc(Cl)c3C)N1CCC[C@@H]21. The summed E-state index contributed by atoms with van der Waals surface area (Å²) in [6, 6.07) is 7.37. The van der Waals surface area contributed by atoms with Crippen LogP contribution in [0, 0.1) is 35.8 Å². The molecule has 0 aromatic heterocycles. The molecule has 4 atom stereocenters. The van der Waals surface area contributed by atoms with Gasteiger partial charge in [0, 0.05) is 28.8 Å². The number of carbonyl (C=O) groups is 3. The number of rotatable bonds is 2. The number of non-ortho nitro benzene ring substituents is 1. The summed E-state index contributed by atoms with van der Waals surface area (Å²) < 4.78 is 0. The quantitative estimate of drug-likeness (QED) is 0.401. The fourth-order valence-corrected chi connectivity index (χ4v) is 6.74. The molecule has 0 aliphatic carbocycles. The second kappa shape index (κ2) is 6.86. The van der Waals surface area contributed by atoms with Crippen LogP contribution in [0.1, 0.15) is 29.5 Å². The number of hydrogen-bond donors (Lipinski definition) is 1. The summed E-state index contributed by atoms with van der Waals surface area (Å²) in [7, 11) is 0. The highest BCUT2D eigenvalue weighted by molar-refractivity contribution is 6.32. The van der Waals surface area contributed by atoms with Crippen molar-refractivity contribution in [2.75, 3.05) is 16.8 Å². The molecule has 0 bridgehead atoms. The van der Waals surface area contributed by atoms with Crippen LogP contribution < -0.4 is 10.2 Å². The molecule has 0 radical (unpaired) electrons. The number of fused-ring (bicyclic) bond motifs is 7. The first-order valence-corrected chi connectivity index (χ1v) is 11.6. The Morgan fingerprint density at radius 3 is 2.65 bits per heavy atom. The first-order chi connectivity index (χ1) is 16.2. The minimum Gasteiger partial charge on any atom is -0.324 e. The summed E-state index contributed by atoms with van der Waals surface area (Å²) in [4.78, 5) is 55.5. The number of imide groups is 1. The maximum atomic E-state index is 14.0. The molecular formula is C24H21ClN4O5. The molecule has 2 aromatic carbocycles. The Kier molecular flexibility index (Phi) is 4.29. The predicted octanol–water partition coefficient (Wildman–Crippen LogP) is 3.30. The molecule has 1 N–H and O–H groups in total. The molecule has 3 amide bonds.